The van der Waals surface area contributed by atoms with Crippen LogP contribution in [0.3, 0.4) is 0 Å². The molecule has 1 spiro atoms. The summed E-state index contributed by atoms with van der Waals surface area (Å²) in [5, 5.41) is 2.44. The van der Waals surface area contributed by atoms with Gasteiger partial charge in [0.05, 0.1) is 27.8 Å². The number of fused-ring (bicyclic) bond motifs is 12. The maximum atomic E-state index is 6.94. The van der Waals surface area contributed by atoms with E-state index in [-0.39, 0.29) is 0 Å². The van der Waals surface area contributed by atoms with Crippen molar-refractivity contribution in [3.05, 3.63) is 265 Å². The average Bonchev–Trinajstić information content (AvgIpc) is 3.86. The highest BCUT2D eigenvalue weighted by molar-refractivity contribution is 6.11. The van der Waals surface area contributed by atoms with Crippen molar-refractivity contribution >= 4 is 38.9 Å². The number of aromatic nitrogens is 1. The van der Waals surface area contributed by atoms with Crippen LogP contribution in [0.4, 0.5) is 17.1 Å². The Morgan fingerprint density at radius 3 is 1.80 bits per heavy atom. The van der Waals surface area contributed by atoms with E-state index in [1.807, 2.05) is 0 Å². The normalized spacial score (nSPS) is 14.4. The first-order chi connectivity index (χ1) is 31.8. The number of rotatable bonds is 6. The van der Waals surface area contributed by atoms with Gasteiger partial charge in [0, 0.05) is 44.4 Å². The number of ether oxygens (including phenoxy) is 1. The predicted molar refractivity (Wildman–Crippen MR) is 264 cm³/mol. The van der Waals surface area contributed by atoms with Crippen LogP contribution in [0.15, 0.2) is 243 Å². The number of para-hydroxylation sites is 4. The summed E-state index contributed by atoms with van der Waals surface area (Å²) in [6, 6.07) is 88.2. The molecule has 3 nitrogen and oxygen atoms in total. The van der Waals surface area contributed by atoms with Crippen molar-refractivity contribution in [3.8, 4) is 50.6 Å². The van der Waals surface area contributed by atoms with Crippen LogP contribution >= 0.6 is 0 Å². The Labute approximate surface area is 372 Å². The van der Waals surface area contributed by atoms with E-state index in [2.05, 4.69) is 252 Å². The maximum Gasteiger partial charge on any atom is 0.132 e. The quantitative estimate of drug-likeness (QED) is 0.166. The summed E-state index contributed by atoms with van der Waals surface area (Å²) in [5.74, 6) is 1.75. The molecular weight excluding hydrogens is 777 g/mol. The Morgan fingerprint density at radius 1 is 0.359 bits per heavy atom. The zero-order valence-corrected chi connectivity index (χ0v) is 34.9. The summed E-state index contributed by atoms with van der Waals surface area (Å²) in [5.41, 5.74) is 17.9. The molecule has 0 amide bonds. The van der Waals surface area contributed by atoms with E-state index in [1.165, 1.54) is 38.5 Å². The van der Waals surface area contributed by atoms with Crippen molar-refractivity contribution in [1.82, 2.24) is 4.57 Å². The van der Waals surface area contributed by atoms with Crippen LogP contribution < -0.4 is 9.64 Å². The SMILES string of the molecule is c1ccc(-c2ccc3c(c2)Oc2ccccc2C32c3ccccc3-c3c(N(c4ccc5c6ccccc6n(-c6ccccc6)c5c4)c4ccccc4-c4ccccc4)cccc32)cc1. The maximum absolute atomic E-state index is 6.94. The van der Waals surface area contributed by atoms with Gasteiger partial charge in [-0.1, -0.05) is 188 Å². The van der Waals surface area contributed by atoms with Crippen LogP contribution in [0.25, 0.3) is 60.9 Å². The monoisotopic (exact) mass is 816 g/mol. The van der Waals surface area contributed by atoms with Crippen molar-refractivity contribution in [2.45, 2.75) is 5.41 Å². The molecule has 0 fully saturated rings. The van der Waals surface area contributed by atoms with Crippen molar-refractivity contribution in [2.75, 3.05) is 4.90 Å². The molecule has 300 valence electrons. The molecule has 1 aliphatic heterocycles. The van der Waals surface area contributed by atoms with Gasteiger partial charge < -0.3 is 14.2 Å². The molecule has 0 saturated heterocycles. The summed E-state index contributed by atoms with van der Waals surface area (Å²) >= 11 is 0. The Balaban J connectivity index is 1.12. The van der Waals surface area contributed by atoms with Gasteiger partial charge in [0.15, 0.2) is 0 Å². The van der Waals surface area contributed by atoms with Gasteiger partial charge in [-0.25, -0.2) is 0 Å². The number of hydrogen-bond acceptors (Lipinski definition) is 2. The molecule has 1 aromatic heterocycles. The third kappa shape index (κ3) is 5.28. The summed E-state index contributed by atoms with van der Waals surface area (Å²) in [4.78, 5) is 2.51. The molecule has 1 atom stereocenters. The largest absolute Gasteiger partial charge is 0.457 e. The standard InChI is InChI=1S/C61H40N2O/c1-4-19-41(20-5-1)43-35-38-52-59(39-43)64-58-34-17-14-29-51(58)61(52)50-28-13-10-27-49(50)60-53(61)30-18-33-56(60)63(54-31-15-11-25-46(54)42-21-6-2-7-22-42)45-36-37-48-47-26-12-16-32-55(47)62(57(48)40-45)44-23-8-3-9-24-44/h1-40H. The lowest BCUT2D eigenvalue weighted by atomic mass is 9.66. The molecule has 3 heteroatoms. The molecule has 0 N–H and O–H groups in total. The van der Waals surface area contributed by atoms with Crippen molar-refractivity contribution in [3.63, 3.8) is 0 Å². The molecule has 0 saturated carbocycles. The van der Waals surface area contributed by atoms with Gasteiger partial charge in [-0.2, -0.15) is 0 Å². The highest BCUT2D eigenvalue weighted by Crippen LogP contribution is 2.64. The highest BCUT2D eigenvalue weighted by Gasteiger charge is 2.52. The van der Waals surface area contributed by atoms with Crippen LogP contribution in [0.2, 0.25) is 0 Å². The highest BCUT2D eigenvalue weighted by atomic mass is 16.5. The van der Waals surface area contributed by atoms with Crippen LogP contribution in [-0.2, 0) is 5.41 Å². The molecule has 64 heavy (non-hydrogen) atoms. The first kappa shape index (κ1) is 36.3. The van der Waals surface area contributed by atoms with Crippen LogP contribution in [0.5, 0.6) is 11.5 Å². The molecule has 0 radical (unpaired) electrons. The van der Waals surface area contributed by atoms with Gasteiger partial charge in [0.25, 0.3) is 0 Å². The second-order valence-corrected chi connectivity index (χ2v) is 16.8. The number of anilines is 3. The molecule has 11 aromatic rings. The molecule has 13 rings (SSSR count). The minimum atomic E-state index is -0.643. The Hall–Kier alpha value is -8.40. The Bertz CT molecular complexity index is 3590. The zero-order valence-electron chi connectivity index (χ0n) is 34.9. The van der Waals surface area contributed by atoms with E-state index in [4.69, 9.17) is 4.74 Å². The van der Waals surface area contributed by atoms with Crippen LogP contribution in [0, 0.1) is 0 Å². The van der Waals surface area contributed by atoms with E-state index in [1.54, 1.807) is 0 Å². The first-order valence-electron chi connectivity index (χ1n) is 22.0. The molecule has 1 aliphatic carbocycles. The fourth-order valence-corrected chi connectivity index (χ4v) is 10.8. The van der Waals surface area contributed by atoms with Crippen molar-refractivity contribution < 1.29 is 4.74 Å². The predicted octanol–water partition coefficient (Wildman–Crippen LogP) is 16.1. The Kier molecular flexibility index (Phi) is 8.13. The third-order valence-electron chi connectivity index (χ3n) is 13.5. The molecule has 2 aliphatic rings. The first-order valence-corrected chi connectivity index (χ1v) is 22.0. The molecule has 2 heterocycles. The van der Waals surface area contributed by atoms with Crippen molar-refractivity contribution in [1.29, 1.82) is 0 Å². The molecule has 1 unspecified atom stereocenters. The topological polar surface area (TPSA) is 17.4 Å². The zero-order chi connectivity index (χ0) is 42.2. The molecule has 0 bridgehead atoms. The number of hydrogen-bond donors (Lipinski definition) is 0. The third-order valence-corrected chi connectivity index (χ3v) is 13.5. The summed E-state index contributed by atoms with van der Waals surface area (Å²) in [6.07, 6.45) is 0. The summed E-state index contributed by atoms with van der Waals surface area (Å²) < 4.78 is 9.35. The minimum Gasteiger partial charge on any atom is -0.457 e. The second kappa shape index (κ2) is 14.3. The summed E-state index contributed by atoms with van der Waals surface area (Å²) in [7, 11) is 0. The van der Waals surface area contributed by atoms with E-state index in [0.29, 0.717) is 0 Å². The summed E-state index contributed by atoms with van der Waals surface area (Å²) in [6.45, 7) is 0. The van der Waals surface area contributed by atoms with Gasteiger partial charge in [-0.15, -0.1) is 0 Å². The minimum absolute atomic E-state index is 0.643. The van der Waals surface area contributed by atoms with Gasteiger partial charge >= 0.3 is 0 Å². The Morgan fingerprint density at radius 2 is 0.969 bits per heavy atom. The van der Waals surface area contributed by atoms with Gasteiger partial charge in [0.2, 0.25) is 0 Å². The lowest BCUT2D eigenvalue weighted by Crippen LogP contribution is -2.32. The van der Waals surface area contributed by atoms with E-state index >= 15 is 0 Å². The second-order valence-electron chi connectivity index (χ2n) is 16.8. The van der Waals surface area contributed by atoms with Gasteiger partial charge in [-0.3, -0.25) is 0 Å². The van der Waals surface area contributed by atoms with Crippen LogP contribution in [-0.4, -0.2) is 4.57 Å². The number of benzene rings is 10. The number of nitrogens with zero attached hydrogens (tertiary/aromatic N) is 2. The van der Waals surface area contributed by atoms with E-state index in [0.717, 1.165) is 73.1 Å². The molecular formula is C61H40N2O. The van der Waals surface area contributed by atoms with Crippen LogP contribution in [0.1, 0.15) is 22.3 Å². The van der Waals surface area contributed by atoms with E-state index < -0.39 is 5.41 Å². The lowest BCUT2D eigenvalue weighted by molar-refractivity contribution is 0.436. The average molecular weight is 817 g/mol. The molecule has 10 aromatic carbocycles. The van der Waals surface area contributed by atoms with E-state index in [9.17, 15) is 0 Å². The smallest absolute Gasteiger partial charge is 0.132 e. The van der Waals surface area contributed by atoms with Gasteiger partial charge in [-0.05, 0) is 88.0 Å². The fraction of sp³-hybridized carbons (Fsp3) is 0.0164. The van der Waals surface area contributed by atoms with Gasteiger partial charge in [0.1, 0.15) is 11.5 Å². The van der Waals surface area contributed by atoms with Crippen molar-refractivity contribution in [2.24, 2.45) is 0 Å². The fourth-order valence-electron chi connectivity index (χ4n) is 10.8. The lowest BCUT2D eigenvalue weighted by Gasteiger charge is -2.39.